The molecule has 16 nitrogen and oxygen atoms in total. The Balaban J connectivity index is 0.00000541. The van der Waals surface area contributed by atoms with Crippen LogP contribution in [0.3, 0.4) is 0 Å². The largest absolute Gasteiger partial charge is 3.00 e. The summed E-state index contributed by atoms with van der Waals surface area (Å²) in [4.78, 5) is 78.1. The van der Waals surface area contributed by atoms with Gasteiger partial charge in [-0.2, -0.15) is 0 Å². The Labute approximate surface area is 338 Å². The molecule has 6 rings (SSSR count). The number of rotatable bonds is 12. The van der Waals surface area contributed by atoms with E-state index in [1.165, 1.54) is 36.4 Å². The van der Waals surface area contributed by atoms with Crippen molar-refractivity contribution < 1.29 is 61.3 Å². The maximum atomic E-state index is 13.0. The van der Waals surface area contributed by atoms with Gasteiger partial charge in [-0.1, -0.05) is 54.6 Å². The van der Waals surface area contributed by atoms with Gasteiger partial charge in [-0.05, 0) is 52.6 Å². The molecule has 3 amide bonds. The quantitative estimate of drug-likeness (QED) is 0.161. The number of pyridine rings is 3. The third-order valence-electron chi connectivity index (χ3n) is 8.50. The predicted octanol–water partition coefficient (Wildman–Crippen LogP) is 1.56. The fourth-order valence-electron chi connectivity index (χ4n) is 5.79. The van der Waals surface area contributed by atoms with Crippen molar-refractivity contribution in [1.29, 1.82) is 0 Å². The van der Waals surface area contributed by atoms with Crippen molar-refractivity contribution >= 4 is 50.0 Å². The van der Waals surface area contributed by atoms with Crippen LogP contribution in [0.4, 0.5) is 0 Å². The van der Waals surface area contributed by atoms with Crippen LogP contribution in [-0.2, 0) is 0 Å². The Morgan fingerprint density at radius 1 is 0.491 bits per heavy atom. The zero-order valence-corrected chi connectivity index (χ0v) is 29.3. The smallest absolute Gasteiger partial charge is 0.803 e. The molecule has 17 heteroatoms. The number of carbonyl (C=O) groups is 3. The monoisotopic (exact) mass is 878 g/mol. The number of amides is 3. The number of nitrogens with zero attached hydrogens (tertiary/aromatic N) is 4. The van der Waals surface area contributed by atoms with Crippen LogP contribution in [0.1, 0.15) is 31.5 Å². The Morgan fingerprint density at radius 2 is 0.755 bits per heavy atom. The molecule has 0 unspecified atom stereocenters. The number of hydrogen-bond donors (Lipinski definition) is 3. The molecule has 0 saturated heterocycles. The molecule has 53 heavy (non-hydrogen) atoms. The van der Waals surface area contributed by atoms with Gasteiger partial charge in [0.2, 0.25) is 0 Å². The molecule has 1 radical (unpaired) electrons. The maximum Gasteiger partial charge on any atom is 3.00 e. The van der Waals surface area contributed by atoms with Crippen molar-refractivity contribution in [3.05, 3.63) is 155 Å². The SMILES string of the molecule is O=C(NCCN(CCNC(=O)c1cc2ccccc2c(=O)n1[O-])CCNC(=O)c1cc2ccccc2c(=O)n1[O-])c1cc2ccccc2c(=O)n1[O-].[Yb+3]. The van der Waals surface area contributed by atoms with Crippen molar-refractivity contribution in [3.8, 4) is 0 Å². The third kappa shape index (κ3) is 8.30. The molecule has 3 heterocycles. The van der Waals surface area contributed by atoms with Gasteiger partial charge in [0.15, 0.2) is 0 Å². The summed E-state index contributed by atoms with van der Waals surface area (Å²) in [6.45, 7) is 0.280. The minimum Gasteiger partial charge on any atom is -0.803 e. The summed E-state index contributed by atoms with van der Waals surface area (Å²) < 4.78 is 0.0574. The normalized spacial score (nSPS) is 11.0. The van der Waals surface area contributed by atoms with Crippen LogP contribution in [0.2, 0.25) is 0 Å². The number of carbonyl (C=O) groups excluding carboxylic acids is 3. The van der Waals surface area contributed by atoms with Crippen molar-refractivity contribution in [2.45, 2.75) is 0 Å². The molecule has 0 saturated carbocycles. The third-order valence-corrected chi connectivity index (χ3v) is 8.50. The van der Waals surface area contributed by atoms with Crippen molar-refractivity contribution in [2.24, 2.45) is 0 Å². The summed E-state index contributed by atoms with van der Waals surface area (Å²) >= 11 is 0. The molecule has 0 bridgehead atoms. The topological polar surface area (TPSA) is 226 Å². The molecular formula is C36H30N7O9Yb. The minimum absolute atomic E-state index is 0. The first-order valence-electron chi connectivity index (χ1n) is 16.1. The van der Waals surface area contributed by atoms with Gasteiger partial charge < -0.3 is 45.8 Å². The summed E-state index contributed by atoms with van der Waals surface area (Å²) in [6, 6.07) is 23.0. The molecule has 6 aromatic rings. The van der Waals surface area contributed by atoms with Crippen LogP contribution in [-0.4, -0.2) is 76.1 Å². The average Bonchev–Trinajstić information content (AvgIpc) is 3.15. The second-order valence-electron chi connectivity index (χ2n) is 11.8. The molecule has 0 aliphatic heterocycles. The number of fused-ring (bicyclic) bond motifs is 3. The van der Waals surface area contributed by atoms with Crippen LogP contribution in [0.5, 0.6) is 0 Å². The summed E-state index contributed by atoms with van der Waals surface area (Å²) in [5.41, 5.74) is -3.81. The molecule has 0 spiro atoms. The van der Waals surface area contributed by atoms with Crippen LogP contribution in [0.15, 0.2) is 105 Å². The zero-order chi connectivity index (χ0) is 36.9. The van der Waals surface area contributed by atoms with Crippen LogP contribution >= 0.6 is 0 Å². The number of nitrogens with one attached hydrogen (secondary N) is 3. The zero-order valence-electron chi connectivity index (χ0n) is 27.6. The van der Waals surface area contributed by atoms with Crippen LogP contribution in [0.25, 0.3) is 32.3 Å². The Hall–Kier alpha value is -5.42. The number of aromatic nitrogens is 3. The molecule has 0 atom stereocenters. The second-order valence-corrected chi connectivity index (χ2v) is 11.8. The van der Waals surface area contributed by atoms with E-state index in [9.17, 15) is 44.4 Å². The standard InChI is InChI=1S/C36H30N7O9.Yb/c44-31(28-19-22-7-1-4-10-25(22)34(47)41(28)50)37-13-16-40(17-14-38-32(45)29-20-23-8-2-5-11-26(23)35(48)42(29)51)18-15-39-33(46)30-21-24-9-3-6-12-27(24)36(49)43(30)52;/h1-12,19-21H,13-18H2,(H,37,44)(H,38,45)(H,39,46);/q-3;+3. The molecule has 277 valence electrons. The van der Waals surface area contributed by atoms with Crippen molar-refractivity contribution in [2.75, 3.05) is 39.3 Å². The Morgan fingerprint density at radius 3 is 1.04 bits per heavy atom. The van der Waals surface area contributed by atoms with Gasteiger partial charge in [0, 0.05) is 55.4 Å². The van der Waals surface area contributed by atoms with E-state index in [1.807, 2.05) is 0 Å². The van der Waals surface area contributed by atoms with E-state index in [0.29, 0.717) is 16.2 Å². The van der Waals surface area contributed by atoms with Gasteiger partial charge in [0.1, 0.15) is 17.1 Å². The summed E-state index contributed by atoms with van der Waals surface area (Å²) in [7, 11) is 0. The van der Waals surface area contributed by atoms with E-state index < -0.39 is 51.5 Å². The van der Waals surface area contributed by atoms with E-state index >= 15 is 0 Å². The van der Waals surface area contributed by atoms with E-state index in [4.69, 9.17) is 0 Å². The van der Waals surface area contributed by atoms with Crippen molar-refractivity contribution in [3.63, 3.8) is 0 Å². The van der Waals surface area contributed by atoms with E-state index in [2.05, 4.69) is 16.0 Å². The van der Waals surface area contributed by atoms with Crippen molar-refractivity contribution in [1.82, 2.24) is 35.0 Å². The first kappa shape index (κ1) is 38.8. The van der Waals surface area contributed by atoms with E-state index in [1.54, 1.807) is 59.5 Å². The fraction of sp³-hybridized carbons (Fsp3) is 0.167. The summed E-state index contributed by atoms with van der Waals surface area (Å²) in [5.74, 6) is -2.39. The van der Waals surface area contributed by atoms with E-state index in [-0.39, 0.29) is 117 Å². The molecule has 3 aromatic carbocycles. The minimum atomic E-state index is -0.874. The fourth-order valence-corrected chi connectivity index (χ4v) is 5.79. The van der Waals surface area contributed by atoms with Crippen LogP contribution in [0, 0.1) is 62.5 Å². The molecule has 0 aliphatic carbocycles. The van der Waals surface area contributed by atoms with Gasteiger partial charge in [0.25, 0.3) is 34.4 Å². The molecule has 3 aromatic heterocycles. The number of hydrogen-bond acceptors (Lipinski definition) is 10. The van der Waals surface area contributed by atoms with Gasteiger partial charge >= 0.3 is 46.9 Å². The van der Waals surface area contributed by atoms with Gasteiger partial charge in [-0.15, -0.1) is 0 Å². The van der Waals surface area contributed by atoms with Gasteiger partial charge in [-0.25, -0.2) is 0 Å². The van der Waals surface area contributed by atoms with Crippen LogP contribution < -0.4 is 32.6 Å². The second kappa shape index (κ2) is 16.9. The average molecular weight is 878 g/mol. The van der Waals surface area contributed by atoms with Gasteiger partial charge in [-0.3, -0.25) is 33.7 Å². The summed E-state index contributed by atoms with van der Waals surface area (Å²) in [5, 5.41) is 47.3. The molecular weight excluding hydrogens is 847 g/mol. The predicted molar refractivity (Wildman–Crippen MR) is 194 cm³/mol. The number of benzene rings is 3. The molecule has 0 fully saturated rings. The molecule has 0 aliphatic rings. The summed E-state index contributed by atoms with van der Waals surface area (Å²) in [6.07, 6.45) is 0. The molecule has 3 N–H and O–H groups in total. The van der Waals surface area contributed by atoms with Gasteiger partial charge in [0.05, 0.1) is 0 Å². The first-order valence-corrected chi connectivity index (χ1v) is 16.1. The maximum absolute atomic E-state index is 13.0. The Kier molecular flexibility index (Phi) is 12.4. The van der Waals surface area contributed by atoms with E-state index in [0.717, 1.165) is 0 Å². The first-order chi connectivity index (χ1) is 25.0. The Bertz CT molecular complexity index is 2270.